The van der Waals surface area contributed by atoms with Gasteiger partial charge in [-0.3, -0.25) is 9.89 Å². The Morgan fingerprint density at radius 1 is 1.50 bits per heavy atom. The lowest BCUT2D eigenvalue weighted by atomic mass is 10.4. The van der Waals surface area contributed by atoms with E-state index in [1.165, 1.54) is 0 Å². The lowest BCUT2D eigenvalue weighted by Crippen LogP contribution is -2.18. The Balaban J connectivity index is 0.000000606. The van der Waals surface area contributed by atoms with E-state index in [4.69, 9.17) is 0 Å². The van der Waals surface area contributed by atoms with Gasteiger partial charge in [-0.25, -0.2) is 4.68 Å². The highest BCUT2D eigenvalue weighted by molar-refractivity contribution is 5.91. The lowest BCUT2D eigenvalue weighted by molar-refractivity contribution is 0.0957. The summed E-state index contributed by atoms with van der Waals surface area (Å²) in [6, 6.07) is 1.64. The van der Waals surface area contributed by atoms with Gasteiger partial charge in [0.05, 0.1) is 6.20 Å². The van der Waals surface area contributed by atoms with Crippen molar-refractivity contribution in [3.8, 4) is 5.69 Å². The number of carbonyl (C=O) groups is 1. The molecule has 2 heterocycles. The van der Waals surface area contributed by atoms with E-state index in [2.05, 4.69) is 20.6 Å². The molecule has 6 nitrogen and oxygen atoms in total. The molecule has 0 aliphatic carbocycles. The predicted molar refractivity (Wildman–Crippen MR) is 60.4 cm³/mol. The van der Waals surface area contributed by atoms with Gasteiger partial charge < -0.3 is 5.32 Å². The van der Waals surface area contributed by atoms with Crippen molar-refractivity contribution in [2.24, 2.45) is 0 Å². The predicted octanol–water partition coefficient (Wildman–Crippen LogP) is 0.981. The number of rotatable bonds is 2. The minimum atomic E-state index is -0.202. The van der Waals surface area contributed by atoms with Crippen molar-refractivity contribution in [3.63, 3.8) is 0 Å². The molecule has 16 heavy (non-hydrogen) atoms. The maximum atomic E-state index is 11.2. The number of nitrogens with one attached hydrogen (secondary N) is 2. The van der Waals surface area contributed by atoms with Crippen molar-refractivity contribution in [1.29, 1.82) is 0 Å². The van der Waals surface area contributed by atoms with E-state index in [0.29, 0.717) is 5.69 Å². The molecule has 0 fully saturated rings. The molecular weight excluding hydrogens is 206 g/mol. The van der Waals surface area contributed by atoms with Gasteiger partial charge in [0.1, 0.15) is 5.69 Å². The normalized spacial score (nSPS) is 9.19. The zero-order valence-corrected chi connectivity index (χ0v) is 9.56. The van der Waals surface area contributed by atoms with Crippen molar-refractivity contribution >= 4 is 5.91 Å². The molecule has 86 valence electrons. The first kappa shape index (κ1) is 12.0. The number of aromatic amines is 1. The van der Waals surface area contributed by atoms with Crippen LogP contribution < -0.4 is 5.32 Å². The van der Waals surface area contributed by atoms with Crippen LogP contribution in [0.1, 0.15) is 24.3 Å². The number of H-pyrrole nitrogens is 1. The number of hydrogen-bond donors (Lipinski definition) is 2. The van der Waals surface area contributed by atoms with Gasteiger partial charge in [0.25, 0.3) is 5.91 Å². The fourth-order valence-corrected chi connectivity index (χ4v) is 1.09. The summed E-state index contributed by atoms with van der Waals surface area (Å²) in [7, 11) is 1.57. The van der Waals surface area contributed by atoms with Crippen molar-refractivity contribution in [1.82, 2.24) is 25.3 Å². The number of amides is 1. The van der Waals surface area contributed by atoms with Gasteiger partial charge in [-0.15, -0.1) is 0 Å². The average molecular weight is 221 g/mol. The fraction of sp³-hybridized carbons (Fsp3) is 0.300. The summed E-state index contributed by atoms with van der Waals surface area (Å²) in [4.78, 5) is 11.2. The standard InChI is InChI=1S/C8H9N5O.C2H6/c1-9-8(14)7-2-3-13(12-7)6-4-10-11-5-6;1-2/h2-5H,1H3,(H,9,14)(H,10,11);1-2H3. The van der Waals surface area contributed by atoms with E-state index >= 15 is 0 Å². The summed E-state index contributed by atoms with van der Waals surface area (Å²) in [6.45, 7) is 4.00. The topological polar surface area (TPSA) is 75.6 Å². The van der Waals surface area contributed by atoms with E-state index in [1.807, 2.05) is 13.8 Å². The number of nitrogens with zero attached hydrogens (tertiary/aromatic N) is 3. The molecule has 0 aromatic carbocycles. The highest BCUT2D eigenvalue weighted by Crippen LogP contribution is 2.03. The summed E-state index contributed by atoms with van der Waals surface area (Å²) < 4.78 is 1.58. The zero-order chi connectivity index (χ0) is 12.0. The summed E-state index contributed by atoms with van der Waals surface area (Å²) >= 11 is 0. The van der Waals surface area contributed by atoms with E-state index < -0.39 is 0 Å². The van der Waals surface area contributed by atoms with Gasteiger partial charge in [-0.2, -0.15) is 10.2 Å². The van der Waals surface area contributed by atoms with Crippen molar-refractivity contribution < 1.29 is 4.79 Å². The summed E-state index contributed by atoms with van der Waals surface area (Å²) in [5.74, 6) is -0.202. The first-order chi connectivity index (χ1) is 7.81. The largest absolute Gasteiger partial charge is 0.354 e. The molecule has 2 aromatic heterocycles. The molecule has 0 spiro atoms. The van der Waals surface area contributed by atoms with E-state index in [9.17, 15) is 4.79 Å². The van der Waals surface area contributed by atoms with Gasteiger partial charge >= 0.3 is 0 Å². The first-order valence-corrected chi connectivity index (χ1v) is 5.08. The molecule has 1 amide bonds. The van der Waals surface area contributed by atoms with Crippen LogP contribution in [0.5, 0.6) is 0 Å². The maximum absolute atomic E-state index is 11.2. The van der Waals surface area contributed by atoms with Crippen LogP contribution in [0.4, 0.5) is 0 Å². The number of carbonyl (C=O) groups excluding carboxylic acids is 1. The summed E-state index contributed by atoms with van der Waals surface area (Å²) in [6.07, 6.45) is 5.02. The van der Waals surface area contributed by atoms with Gasteiger partial charge in [-0.1, -0.05) is 13.8 Å². The van der Waals surface area contributed by atoms with Crippen LogP contribution in [0, 0.1) is 0 Å². The molecule has 2 N–H and O–H groups in total. The van der Waals surface area contributed by atoms with Crippen molar-refractivity contribution in [2.75, 3.05) is 7.05 Å². The molecule has 0 saturated carbocycles. The van der Waals surface area contributed by atoms with Crippen molar-refractivity contribution in [2.45, 2.75) is 13.8 Å². The second-order valence-corrected chi connectivity index (χ2v) is 2.68. The van der Waals surface area contributed by atoms with Crippen LogP contribution in [0.15, 0.2) is 24.7 Å². The van der Waals surface area contributed by atoms with Crippen LogP contribution in [0.3, 0.4) is 0 Å². The second-order valence-electron chi connectivity index (χ2n) is 2.68. The Hall–Kier alpha value is -2.11. The maximum Gasteiger partial charge on any atom is 0.271 e. The average Bonchev–Trinajstić information content (AvgIpc) is 3.00. The molecule has 0 aliphatic heterocycles. The summed E-state index contributed by atoms with van der Waals surface area (Å²) in [5.41, 5.74) is 1.17. The SMILES string of the molecule is CC.CNC(=O)c1ccn(-c2cn[nH]c2)n1. The van der Waals surface area contributed by atoms with Gasteiger partial charge in [0.2, 0.25) is 0 Å². The summed E-state index contributed by atoms with van der Waals surface area (Å²) in [5, 5.41) is 13.0. The minimum absolute atomic E-state index is 0.202. The second kappa shape index (κ2) is 5.69. The Kier molecular flexibility index (Phi) is 4.26. The monoisotopic (exact) mass is 221 g/mol. The molecule has 6 heteroatoms. The number of hydrogen-bond acceptors (Lipinski definition) is 3. The third-order valence-electron chi connectivity index (χ3n) is 1.80. The first-order valence-electron chi connectivity index (χ1n) is 5.08. The van der Waals surface area contributed by atoms with E-state index in [1.54, 1.807) is 36.4 Å². The third kappa shape index (κ3) is 2.47. The van der Waals surface area contributed by atoms with Crippen LogP contribution in [-0.4, -0.2) is 32.9 Å². The molecule has 0 bridgehead atoms. The van der Waals surface area contributed by atoms with Gasteiger partial charge in [-0.05, 0) is 6.07 Å². The third-order valence-corrected chi connectivity index (χ3v) is 1.80. The molecule has 0 atom stereocenters. The highest BCUT2D eigenvalue weighted by Gasteiger charge is 2.07. The van der Waals surface area contributed by atoms with Crippen LogP contribution >= 0.6 is 0 Å². The molecule has 2 rings (SSSR count). The molecule has 0 unspecified atom stereocenters. The lowest BCUT2D eigenvalue weighted by Gasteiger charge is -1.94. The Labute approximate surface area is 93.7 Å². The molecule has 2 aromatic rings. The Morgan fingerprint density at radius 2 is 2.25 bits per heavy atom. The molecular formula is C10H15N5O. The van der Waals surface area contributed by atoms with E-state index in [-0.39, 0.29) is 5.91 Å². The van der Waals surface area contributed by atoms with Crippen LogP contribution in [-0.2, 0) is 0 Å². The van der Waals surface area contributed by atoms with Crippen LogP contribution in [0.2, 0.25) is 0 Å². The van der Waals surface area contributed by atoms with Gasteiger partial charge in [0.15, 0.2) is 5.69 Å². The Bertz CT molecular complexity index is 432. The highest BCUT2D eigenvalue weighted by atomic mass is 16.1. The minimum Gasteiger partial charge on any atom is -0.354 e. The zero-order valence-electron chi connectivity index (χ0n) is 9.56. The van der Waals surface area contributed by atoms with Gasteiger partial charge in [0, 0.05) is 19.4 Å². The van der Waals surface area contributed by atoms with Crippen LogP contribution in [0.25, 0.3) is 5.69 Å². The number of aromatic nitrogens is 4. The molecule has 0 radical (unpaired) electrons. The molecule has 0 aliphatic rings. The smallest absolute Gasteiger partial charge is 0.271 e. The van der Waals surface area contributed by atoms with E-state index in [0.717, 1.165) is 5.69 Å². The molecule has 0 saturated heterocycles. The fourth-order valence-electron chi connectivity index (χ4n) is 1.09. The van der Waals surface area contributed by atoms with Crippen molar-refractivity contribution in [3.05, 3.63) is 30.4 Å². The quantitative estimate of drug-likeness (QED) is 0.793. The Morgan fingerprint density at radius 3 is 2.81 bits per heavy atom.